The number of aromatic nitrogens is 2. The molecule has 0 spiro atoms. The van der Waals surface area contributed by atoms with Crippen molar-refractivity contribution in [2.24, 2.45) is 0 Å². The molecule has 1 aliphatic carbocycles. The minimum Gasteiger partial charge on any atom is -0.450 e. The Bertz CT molecular complexity index is 696. The van der Waals surface area contributed by atoms with E-state index in [1.807, 2.05) is 0 Å². The van der Waals surface area contributed by atoms with E-state index in [0.717, 1.165) is 19.3 Å². The number of allylic oxidation sites excluding steroid dienone is 1. The molecule has 0 saturated carbocycles. The summed E-state index contributed by atoms with van der Waals surface area (Å²) in [5.74, 6) is 0.523. The van der Waals surface area contributed by atoms with Gasteiger partial charge < -0.3 is 19.9 Å². The van der Waals surface area contributed by atoms with Gasteiger partial charge in [0.25, 0.3) is 5.91 Å². The number of amides is 2. The quantitative estimate of drug-likeness (QED) is 0.754. The zero-order valence-electron chi connectivity index (χ0n) is 16.5. The second kappa shape index (κ2) is 10.1. The summed E-state index contributed by atoms with van der Waals surface area (Å²) in [6, 6.07) is 0. The van der Waals surface area contributed by atoms with Gasteiger partial charge in [0, 0.05) is 32.7 Å². The number of hydrogen-bond donors (Lipinski definition) is 1. The average molecular weight is 387 g/mol. The highest BCUT2D eigenvalue weighted by atomic mass is 16.6. The fraction of sp³-hybridized carbons (Fsp3) is 0.600. The van der Waals surface area contributed by atoms with Crippen LogP contribution in [0.4, 0.5) is 10.6 Å². The van der Waals surface area contributed by atoms with Crippen molar-refractivity contribution in [1.29, 1.82) is 0 Å². The van der Waals surface area contributed by atoms with Gasteiger partial charge in [-0.3, -0.25) is 4.79 Å². The van der Waals surface area contributed by atoms with Crippen molar-refractivity contribution in [2.45, 2.75) is 39.0 Å². The van der Waals surface area contributed by atoms with Crippen LogP contribution in [0.2, 0.25) is 0 Å². The maximum absolute atomic E-state index is 12.2. The molecule has 1 saturated heterocycles. The zero-order chi connectivity index (χ0) is 19.8. The summed E-state index contributed by atoms with van der Waals surface area (Å²) in [6.07, 6.45) is 10.9. The number of anilines is 1. The average Bonchev–Trinajstić information content (AvgIpc) is 2.75. The molecule has 1 aromatic rings. The Labute approximate surface area is 166 Å². The standard InChI is InChI=1S/C20H29N5O3/c1-2-28-20(27)25-12-10-24(11-13-25)18-15-22-17(14-23-18)19(26)21-9-8-16-6-4-3-5-7-16/h6,14-15H,2-5,7-13H2,1H3,(H,21,26). The van der Waals surface area contributed by atoms with E-state index in [9.17, 15) is 9.59 Å². The highest BCUT2D eigenvalue weighted by molar-refractivity contribution is 5.92. The first-order chi connectivity index (χ1) is 13.7. The molecule has 8 heteroatoms. The zero-order valence-corrected chi connectivity index (χ0v) is 16.5. The molecule has 152 valence electrons. The molecule has 1 fully saturated rings. The first-order valence-corrected chi connectivity index (χ1v) is 10.1. The van der Waals surface area contributed by atoms with Crippen LogP contribution in [0.15, 0.2) is 24.0 Å². The molecule has 1 aliphatic heterocycles. The minimum atomic E-state index is -0.274. The fourth-order valence-corrected chi connectivity index (χ4v) is 3.49. The minimum absolute atomic E-state index is 0.192. The number of nitrogens with zero attached hydrogens (tertiary/aromatic N) is 4. The largest absolute Gasteiger partial charge is 0.450 e. The van der Waals surface area contributed by atoms with Crippen LogP contribution < -0.4 is 10.2 Å². The fourth-order valence-electron chi connectivity index (χ4n) is 3.49. The van der Waals surface area contributed by atoms with Gasteiger partial charge >= 0.3 is 6.09 Å². The molecule has 8 nitrogen and oxygen atoms in total. The Morgan fingerprint density at radius 3 is 2.61 bits per heavy atom. The van der Waals surface area contributed by atoms with Crippen molar-refractivity contribution in [3.05, 3.63) is 29.7 Å². The molecule has 2 aliphatic rings. The van der Waals surface area contributed by atoms with Gasteiger partial charge in [-0.05, 0) is 39.0 Å². The Hall–Kier alpha value is -2.64. The van der Waals surface area contributed by atoms with Gasteiger partial charge in [0.05, 0.1) is 19.0 Å². The summed E-state index contributed by atoms with van der Waals surface area (Å²) in [4.78, 5) is 36.4. The lowest BCUT2D eigenvalue weighted by Gasteiger charge is -2.34. The molecular weight excluding hydrogens is 358 g/mol. The Morgan fingerprint density at radius 2 is 1.96 bits per heavy atom. The van der Waals surface area contributed by atoms with E-state index >= 15 is 0 Å². The van der Waals surface area contributed by atoms with Crippen molar-refractivity contribution in [3.63, 3.8) is 0 Å². The summed E-state index contributed by atoms with van der Waals surface area (Å²) >= 11 is 0. The molecule has 3 rings (SSSR count). The summed E-state index contributed by atoms with van der Waals surface area (Å²) in [6.45, 7) is 5.30. The van der Waals surface area contributed by atoms with Crippen LogP contribution in [-0.2, 0) is 4.74 Å². The normalized spacial score (nSPS) is 17.1. The van der Waals surface area contributed by atoms with Gasteiger partial charge in [0.2, 0.25) is 0 Å². The molecule has 2 heterocycles. The van der Waals surface area contributed by atoms with Crippen LogP contribution in [-0.4, -0.2) is 66.2 Å². The maximum atomic E-state index is 12.2. The predicted molar refractivity (Wildman–Crippen MR) is 106 cm³/mol. The lowest BCUT2D eigenvalue weighted by atomic mass is 9.97. The van der Waals surface area contributed by atoms with Crippen molar-refractivity contribution in [1.82, 2.24) is 20.2 Å². The number of carbonyl (C=O) groups excluding carboxylic acids is 2. The van der Waals surface area contributed by atoms with Crippen LogP contribution in [0, 0.1) is 0 Å². The number of hydrogen-bond acceptors (Lipinski definition) is 6. The SMILES string of the molecule is CCOC(=O)N1CCN(c2cnc(C(=O)NCCC3=CCCCC3)cn2)CC1. The first-order valence-electron chi connectivity index (χ1n) is 10.1. The van der Waals surface area contributed by atoms with Crippen molar-refractivity contribution in [3.8, 4) is 0 Å². The molecular formula is C20H29N5O3. The maximum Gasteiger partial charge on any atom is 0.409 e. The van der Waals surface area contributed by atoms with Gasteiger partial charge in [0.15, 0.2) is 0 Å². The smallest absolute Gasteiger partial charge is 0.409 e. The van der Waals surface area contributed by atoms with E-state index in [4.69, 9.17) is 4.74 Å². The van der Waals surface area contributed by atoms with E-state index in [2.05, 4.69) is 26.3 Å². The van der Waals surface area contributed by atoms with Crippen LogP contribution in [0.1, 0.15) is 49.5 Å². The van der Waals surface area contributed by atoms with E-state index in [1.165, 1.54) is 24.6 Å². The highest BCUT2D eigenvalue weighted by Gasteiger charge is 2.23. The third-order valence-corrected chi connectivity index (χ3v) is 5.12. The molecule has 0 aromatic carbocycles. The summed E-state index contributed by atoms with van der Waals surface area (Å²) < 4.78 is 5.03. The third kappa shape index (κ3) is 5.43. The number of nitrogens with one attached hydrogen (secondary N) is 1. The van der Waals surface area contributed by atoms with Crippen molar-refractivity contribution < 1.29 is 14.3 Å². The number of rotatable bonds is 6. The monoisotopic (exact) mass is 387 g/mol. The predicted octanol–water partition coefficient (Wildman–Crippen LogP) is 2.38. The van der Waals surface area contributed by atoms with Crippen LogP contribution in [0.5, 0.6) is 0 Å². The van der Waals surface area contributed by atoms with Crippen molar-refractivity contribution >= 4 is 17.8 Å². The summed E-state index contributed by atoms with van der Waals surface area (Å²) in [7, 11) is 0. The first kappa shape index (κ1) is 20.1. The van der Waals surface area contributed by atoms with E-state index in [0.29, 0.717) is 50.8 Å². The van der Waals surface area contributed by atoms with Crippen molar-refractivity contribution in [2.75, 3.05) is 44.2 Å². The molecule has 1 N–H and O–H groups in total. The molecule has 1 aromatic heterocycles. The summed E-state index contributed by atoms with van der Waals surface area (Å²) in [5.41, 5.74) is 1.77. The topological polar surface area (TPSA) is 87.7 Å². The Morgan fingerprint density at radius 1 is 1.14 bits per heavy atom. The van der Waals surface area contributed by atoms with Gasteiger partial charge in [0.1, 0.15) is 11.5 Å². The Kier molecular flexibility index (Phi) is 7.22. The van der Waals surface area contributed by atoms with Crippen LogP contribution in [0.25, 0.3) is 0 Å². The van der Waals surface area contributed by atoms with Gasteiger partial charge in [-0.25, -0.2) is 14.8 Å². The molecule has 0 radical (unpaired) electrons. The number of carbonyl (C=O) groups is 2. The number of piperazine rings is 1. The molecule has 0 atom stereocenters. The molecule has 2 amide bonds. The van der Waals surface area contributed by atoms with Crippen LogP contribution >= 0.6 is 0 Å². The molecule has 0 bridgehead atoms. The third-order valence-electron chi connectivity index (χ3n) is 5.12. The molecule has 28 heavy (non-hydrogen) atoms. The highest BCUT2D eigenvalue weighted by Crippen LogP contribution is 2.19. The molecule has 0 unspecified atom stereocenters. The summed E-state index contributed by atoms with van der Waals surface area (Å²) in [5, 5.41) is 2.92. The lowest BCUT2D eigenvalue weighted by molar-refractivity contribution is 0.0947. The second-order valence-corrected chi connectivity index (χ2v) is 7.05. The van der Waals surface area contributed by atoms with Crippen LogP contribution in [0.3, 0.4) is 0 Å². The van der Waals surface area contributed by atoms with Gasteiger partial charge in [-0.2, -0.15) is 0 Å². The number of ether oxygens (including phenoxy) is 1. The van der Waals surface area contributed by atoms with E-state index in [1.54, 1.807) is 18.0 Å². The van der Waals surface area contributed by atoms with E-state index in [-0.39, 0.29) is 12.0 Å². The lowest BCUT2D eigenvalue weighted by Crippen LogP contribution is -2.49. The van der Waals surface area contributed by atoms with E-state index < -0.39 is 0 Å². The second-order valence-electron chi connectivity index (χ2n) is 7.05. The van der Waals surface area contributed by atoms with Gasteiger partial charge in [-0.15, -0.1) is 0 Å². The van der Waals surface area contributed by atoms with Gasteiger partial charge in [-0.1, -0.05) is 11.6 Å². The Balaban J connectivity index is 1.45.